The van der Waals surface area contributed by atoms with Gasteiger partial charge in [-0.25, -0.2) is 8.42 Å². The van der Waals surface area contributed by atoms with Gasteiger partial charge in [0.15, 0.2) is 0 Å². The largest absolute Gasteiger partial charge is 0.311 e. The van der Waals surface area contributed by atoms with Crippen LogP contribution in [0, 0.1) is 0 Å². The van der Waals surface area contributed by atoms with Crippen molar-refractivity contribution >= 4 is 38.9 Å². The van der Waals surface area contributed by atoms with Crippen LogP contribution < -0.4 is 9.62 Å². The van der Waals surface area contributed by atoms with Crippen molar-refractivity contribution in [3.8, 4) is 0 Å². The molecule has 2 aliphatic heterocycles. The van der Waals surface area contributed by atoms with Crippen molar-refractivity contribution in [1.29, 1.82) is 0 Å². The number of hydrogen-bond donors (Lipinski definition) is 1. The third-order valence-electron chi connectivity index (χ3n) is 4.82. The number of nitrogens with zero attached hydrogens (tertiary/aromatic N) is 1. The van der Waals surface area contributed by atoms with Gasteiger partial charge < -0.3 is 4.90 Å². The summed E-state index contributed by atoms with van der Waals surface area (Å²) in [5, 5.41) is 0.336. The molecule has 2 heterocycles. The van der Waals surface area contributed by atoms with E-state index in [9.17, 15) is 13.2 Å². The fourth-order valence-corrected chi connectivity index (χ4v) is 4.97. The predicted molar refractivity (Wildman–Crippen MR) is 97.8 cm³/mol. The van der Waals surface area contributed by atoms with E-state index in [1.54, 1.807) is 41.3 Å². The summed E-state index contributed by atoms with van der Waals surface area (Å²) in [6.07, 6.45) is 1.61. The Morgan fingerprint density at radius 1 is 1.24 bits per heavy atom. The number of carbonyl (C=O) groups excluding carboxylic acids is 1. The summed E-state index contributed by atoms with van der Waals surface area (Å²) >= 11 is 6.06. The van der Waals surface area contributed by atoms with Crippen LogP contribution in [0.25, 0.3) is 0 Å². The van der Waals surface area contributed by atoms with E-state index in [4.69, 9.17) is 11.6 Å². The van der Waals surface area contributed by atoms with Crippen LogP contribution in [0.3, 0.4) is 0 Å². The Bertz CT molecular complexity index is 988. The maximum atomic E-state index is 12.8. The highest BCUT2D eigenvalue weighted by atomic mass is 35.5. The number of amides is 1. The van der Waals surface area contributed by atoms with Crippen molar-refractivity contribution in [2.45, 2.75) is 30.6 Å². The van der Waals surface area contributed by atoms with Gasteiger partial charge in [0, 0.05) is 6.54 Å². The van der Waals surface area contributed by atoms with E-state index in [1.165, 1.54) is 0 Å². The molecule has 2 aromatic rings. The summed E-state index contributed by atoms with van der Waals surface area (Å²) in [5.41, 5.74) is 2.95. The molecule has 0 fully saturated rings. The van der Waals surface area contributed by atoms with E-state index in [2.05, 4.69) is 4.72 Å². The van der Waals surface area contributed by atoms with Gasteiger partial charge in [-0.15, -0.1) is 0 Å². The fourth-order valence-electron chi connectivity index (χ4n) is 3.57. The second kappa shape index (κ2) is 5.75. The zero-order chi connectivity index (χ0) is 17.8. The summed E-state index contributed by atoms with van der Waals surface area (Å²) in [5.74, 6) is -0.271. The number of halogens is 1. The third-order valence-corrected chi connectivity index (χ3v) is 6.50. The molecule has 0 aromatic heterocycles. The molecule has 2 aromatic carbocycles. The highest BCUT2D eigenvalue weighted by Crippen LogP contribution is 2.44. The van der Waals surface area contributed by atoms with Crippen molar-refractivity contribution in [2.75, 3.05) is 16.2 Å². The zero-order valence-corrected chi connectivity index (χ0v) is 15.2. The highest BCUT2D eigenvalue weighted by Gasteiger charge is 2.38. The SMILES string of the molecule is C[C@@H]1C(=O)N2CCCc3cc(S(=O)(=O)Nc4ccccc4Cl)cc1c32. The number of carbonyl (C=O) groups is 1. The van der Waals surface area contributed by atoms with E-state index >= 15 is 0 Å². The molecule has 5 nitrogen and oxygen atoms in total. The van der Waals surface area contributed by atoms with Crippen LogP contribution in [-0.2, 0) is 21.2 Å². The molecule has 2 aliphatic rings. The molecule has 130 valence electrons. The third kappa shape index (κ3) is 2.60. The van der Waals surface area contributed by atoms with Gasteiger partial charge in [-0.05, 0) is 55.2 Å². The quantitative estimate of drug-likeness (QED) is 0.890. The van der Waals surface area contributed by atoms with Crippen LogP contribution in [0.1, 0.15) is 30.4 Å². The average molecular weight is 377 g/mol. The second-order valence-electron chi connectivity index (χ2n) is 6.42. The maximum Gasteiger partial charge on any atom is 0.261 e. The molecule has 1 amide bonds. The number of hydrogen-bond acceptors (Lipinski definition) is 3. The van der Waals surface area contributed by atoms with Crippen molar-refractivity contribution in [1.82, 2.24) is 0 Å². The standard InChI is InChI=1S/C18H17ClN2O3S/c1-11-14-10-13(9-12-5-4-8-21(17(12)14)18(11)22)25(23,24)20-16-7-3-2-6-15(16)19/h2-3,6-7,9-11,20H,4-5,8H2,1H3/t11-/m0/s1. The monoisotopic (exact) mass is 376 g/mol. The molecular weight excluding hydrogens is 360 g/mol. The second-order valence-corrected chi connectivity index (χ2v) is 8.51. The number of para-hydroxylation sites is 1. The molecule has 1 N–H and O–H groups in total. The molecule has 0 saturated heterocycles. The summed E-state index contributed by atoms with van der Waals surface area (Å²) in [4.78, 5) is 14.4. The van der Waals surface area contributed by atoms with E-state index < -0.39 is 10.0 Å². The van der Waals surface area contributed by atoms with E-state index in [0.717, 1.165) is 29.7 Å². The summed E-state index contributed by atoms with van der Waals surface area (Å²) < 4.78 is 28.2. The number of sulfonamides is 1. The maximum absolute atomic E-state index is 12.8. The van der Waals surface area contributed by atoms with Crippen LogP contribution in [0.5, 0.6) is 0 Å². The van der Waals surface area contributed by atoms with Crippen LogP contribution in [0.4, 0.5) is 11.4 Å². The van der Waals surface area contributed by atoms with Crippen LogP contribution in [0.2, 0.25) is 5.02 Å². The van der Waals surface area contributed by atoms with E-state index in [-0.39, 0.29) is 16.7 Å². The zero-order valence-electron chi connectivity index (χ0n) is 13.6. The minimum atomic E-state index is -3.79. The molecule has 0 saturated carbocycles. The first-order valence-electron chi connectivity index (χ1n) is 8.14. The van der Waals surface area contributed by atoms with Crippen LogP contribution in [-0.4, -0.2) is 20.9 Å². The van der Waals surface area contributed by atoms with Gasteiger partial charge in [0.2, 0.25) is 5.91 Å². The smallest absolute Gasteiger partial charge is 0.261 e. The Morgan fingerprint density at radius 3 is 2.76 bits per heavy atom. The van der Waals surface area contributed by atoms with E-state index in [1.807, 2.05) is 6.92 Å². The molecule has 0 radical (unpaired) electrons. The van der Waals surface area contributed by atoms with Gasteiger partial charge in [0.05, 0.1) is 27.2 Å². The van der Waals surface area contributed by atoms with Gasteiger partial charge in [0.1, 0.15) is 0 Å². The molecular formula is C18H17ClN2O3S. The molecule has 0 unspecified atom stereocenters. The summed E-state index contributed by atoms with van der Waals surface area (Å²) in [7, 11) is -3.79. The van der Waals surface area contributed by atoms with Crippen molar-refractivity contribution in [3.63, 3.8) is 0 Å². The molecule has 0 spiro atoms. The number of anilines is 2. The van der Waals surface area contributed by atoms with Crippen LogP contribution >= 0.6 is 11.6 Å². The van der Waals surface area contributed by atoms with Crippen molar-refractivity contribution in [2.24, 2.45) is 0 Å². The predicted octanol–water partition coefficient (Wildman–Crippen LogP) is 3.54. The van der Waals surface area contributed by atoms with E-state index in [0.29, 0.717) is 17.3 Å². The van der Waals surface area contributed by atoms with Crippen molar-refractivity contribution < 1.29 is 13.2 Å². The molecule has 4 rings (SSSR count). The lowest BCUT2D eigenvalue weighted by molar-refractivity contribution is -0.119. The van der Waals surface area contributed by atoms with Gasteiger partial charge in [-0.1, -0.05) is 23.7 Å². The Kier molecular flexibility index (Phi) is 3.77. The Hall–Kier alpha value is -2.05. The van der Waals surface area contributed by atoms with Gasteiger partial charge in [0.25, 0.3) is 10.0 Å². The summed E-state index contributed by atoms with van der Waals surface area (Å²) in [6.45, 7) is 2.53. The normalized spacial score (nSPS) is 19.0. The minimum Gasteiger partial charge on any atom is -0.311 e. The number of aryl methyl sites for hydroxylation is 1. The van der Waals surface area contributed by atoms with Crippen molar-refractivity contribution in [3.05, 3.63) is 52.5 Å². The first kappa shape index (κ1) is 16.4. The molecule has 25 heavy (non-hydrogen) atoms. The number of rotatable bonds is 3. The lowest BCUT2D eigenvalue weighted by atomic mass is 9.97. The molecule has 7 heteroatoms. The minimum absolute atomic E-state index is 0.0459. The Labute approximate surface area is 151 Å². The molecule has 0 aliphatic carbocycles. The fraction of sp³-hybridized carbons (Fsp3) is 0.278. The van der Waals surface area contributed by atoms with Crippen LogP contribution in [0.15, 0.2) is 41.3 Å². The highest BCUT2D eigenvalue weighted by molar-refractivity contribution is 7.92. The first-order chi connectivity index (χ1) is 11.9. The number of benzene rings is 2. The van der Waals surface area contributed by atoms with Gasteiger partial charge in [-0.2, -0.15) is 0 Å². The topological polar surface area (TPSA) is 66.5 Å². The first-order valence-corrected chi connectivity index (χ1v) is 10.00. The lowest BCUT2D eigenvalue weighted by Crippen LogP contribution is -2.32. The number of nitrogens with one attached hydrogen (secondary N) is 1. The Morgan fingerprint density at radius 2 is 2.00 bits per heavy atom. The summed E-state index contributed by atoms with van der Waals surface area (Å²) in [6, 6.07) is 9.99. The average Bonchev–Trinajstić information content (AvgIpc) is 2.84. The van der Waals surface area contributed by atoms with Gasteiger partial charge in [-0.3, -0.25) is 9.52 Å². The Balaban J connectivity index is 1.80. The van der Waals surface area contributed by atoms with Gasteiger partial charge >= 0.3 is 0 Å². The lowest BCUT2D eigenvalue weighted by Gasteiger charge is -2.26. The molecule has 1 atom stereocenters. The molecule has 0 bridgehead atoms.